The Bertz CT molecular complexity index is 261. The first kappa shape index (κ1) is 12.7. The summed E-state index contributed by atoms with van der Waals surface area (Å²) in [5.74, 6) is 0. The molecule has 1 unspecified atom stereocenters. The second kappa shape index (κ2) is 3.81. The smallest absolute Gasteiger partial charge is 0.395 e. The third-order valence-electron chi connectivity index (χ3n) is 1.56. The van der Waals surface area contributed by atoms with E-state index in [1.807, 2.05) is 0 Å². The molecule has 0 spiro atoms. The largest absolute Gasteiger partial charge is 0.511 e. The molecule has 0 heterocycles. The van der Waals surface area contributed by atoms with E-state index in [1.165, 1.54) is 6.92 Å². The van der Waals surface area contributed by atoms with Crippen LogP contribution in [0.2, 0.25) is 0 Å². The molecule has 0 saturated heterocycles. The summed E-state index contributed by atoms with van der Waals surface area (Å²) in [6, 6.07) is -1.09. The number of aliphatic hydroxyl groups is 1. The van der Waals surface area contributed by atoms with Crippen LogP contribution in [0, 0.1) is 0 Å². The van der Waals surface area contributed by atoms with E-state index < -0.39 is 28.2 Å². The molecule has 1 N–H and O–H groups in total. The van der Waals surface area contributed by atoms with E-state index in [0.717, 1.165) is 7.05 Å². The van der Waals surface area contributed by atoms with Gasteiger partial charge in [-0.3, -0.25) is 0 Å². The summed E-state index contributed by atoms with van der Waals surface area (Å²) in [5.41, 5.74) is -5.31. The molecule has 0 aliphatic heterocycles. The standard InChI is InChI=1S/C5H10F3NO3S/c1-4(3-10)9(2)13(11,12)5(6,7)8/h4,10H,3H2,1-2H3. The zero-order valence-corrected chi connectivity index (χ0v) is 7.85. The zero-order chi connectivity index (χ0) is 10.9. The Kier molecular flexibility index (Phi) is 3.71. The van der Waals surface area contributed by atoms with Crippen molar-refractivity contribution in [1.29, 1.82) is 0 Å². The third kappa shape index (κ3) is 2.55. The van der Waals surface area contributed by atoms with Crippen molar-refractivity contribution in [3.63, 3.8) is 0 Å². The molecule has 0 aromatic heterocycles. The maximum absolute atomic E-state index is 11.9. The Morgan fingerprint density at radius 1 is 1.46 bits per heavy atom. The first-order valence-corrected chi connectivity index (χ1v) is 4.73. The molecule has 1 atom stereocenters. The van der Waals surface area contributed by atoms with Crippen molar-refractivity contribution in [3.05, 3.63) is 0 Å². The summed E-state index contributed by atoms with van der Waals surface area (Å²) in [7, 11) is -4.55. The molecular weight excluding hydrogens is 211 g/mol. The van der Waals surface area contributed by atoms with Gasteiger partial charge in [0.2, 0.25) is 0 Å². The predicted molar refractivity (Wildman–Crippen MR) is 39.3 cm³/mol. The molecule has 0 radical (unpaired) electrons. The van der Waals surface area contributed by atoms with Crippen LogP contribution in [0.4, 0.5) is 13.2 Å². The molecule has 80 valence electrons. The van der Waals surface area contributed by atoms with Crippen LogP contribution in [-0.2, 0) is 10.0 Å². The summed E-state index contributed by atoms with van der Waals surface area (Å²) in [4.78, 5) is 0. The number of likely N-dealkylation sites (N-methyl/N-ethyl adjacent to an activating group) is 1. The normalized spacial score (nSPS) is 16.2. The van der Waals surface area contributed by atoms with Gasteiger partial charge in [0.15, 0.2) is 0 Å². The second-order valence-electron chi connectivity index (χ2n) is 2.50. The fraction of sp³-hybridized carbons (Fsp3) is 1.00. The van der Waals surface area contributed by atoms with Gasteiger partial charge in [0, 0.05) is 13.1 Å². The maximum atomic E-state index is 11.9. The SMILES string of the molecule is CC(CO)N(C)S(=O)(=O)C(F)(F)F. The van der Waals surface area contributed by atoms with Crippen LogP contribution in [0.1, 0.15) is 6.92 Å². The molecule has 0 fully saturated rings. The summed E-state index contributed by atoms with van der Waals surface area (Å²) in [6.45, 7) is 0.509. The fourth-order valence-corrected chi connectivity index (χ4v) is 1.38. The van der Waals surface area contributed by atoms with Crippen LogP contribution in [0.25, 0.3) is 0 Å². The van der Waals surface area contributed by atoms with E-state index in [1.54, 1.807) is 0 Å². The maximum Gasteiger partial charge on any atom is 0.511 e. The highest BCUT2D eigenvalue weighted by Gasteiger charge is 2.49. The first-order valence-electron chi connectivity index (χ1n) is 3.29. The van der Waals surface area contributed by atoms with Crippen LogP contribution in [0.3, 0.4) is 0 Å². The number of aliphatic hydroxyl groups excluding tert-OH is 1. The summed E-state index contributed by atoms with van der Waals surface area (Å²) >= 11 is 0. The molecule has 0 aliphatic rings. The number of rotatable bonds is 3. The van der Waals surface area contributed by atoms with Gasteiger partial charge in [0.25, 0.3) is 0 Å². The minimum Gasteiger partial charge on any atom is -0.395 e. The van der Waals surface area contributed by atoms with E-state index >= 15 is 0 Å². The van der Waals surface area contributed by atoms with Gasteiger partial charge in [0.05, 0.1) is 6.61 Å². The highest BCUT2D eigenvalue weighted by Crippen LogP contribution is 2.26. The highest BCUT2D eigenvalue weighted by atomic mass is 32.2. The van der Waals surface area contributed by atoms with Crippen molar-refractivity contribution in [3.8, 4) is 0 Å². The number of nitrogens with zero attached hydrogens (tertiary/aromatic N) is 1. The Labute approximate surface area is 74.0 Å². The van der Waals surface area contributed by atoms with Gasteiger partial charge in [-0.15, -0.1) is 0 Å². The molecule has 0 saturated carbocycles. The monoisotopic (exact) mass is 221 g/mol. The van der Waals surface area contributed by atoms with Crippen LogP contribution >= 0.6 is 0 Å². The lowest BCUT2D eigenvalue weighted by Gasteiger charge is -2.23. The Morgan fingerprint density at radius 2 is 1.85 bits per heavy atom. The lowest BCUT2D eigenvalue weighted by Crippen LogP contribution is -2.44. The predicted octanol–water partition coefficient (Wildman–Crippen LogP) is 0.149. The van der Waals surface area contributed by atoms with Crippen LogP contribution in [-0.4, -0.2) is 43.0 Å². The van der Waals surface area contributed by atoms with Crippen molar-refractivity contribution in [2.75, 3.05) is 13.7 Å². The third-order valence-corrected chi connectivity index (χ3v) is 3.26. The Balaban J connectivity index is 4.87. The summed E-state index contributed by atoms with van der Waals surface area (Å²) < 4.78 is 57.0. The van der Waals surface area contributed by atoms with E-state index in [4.69, 9.17) is 5.11 Å². The van der Waals surface area contributed by atoms with Crippen molar-refractivity contribution in [1.82, 2.24) is 4.31 Å². The van der Waals surface area contributed by atoms with E-state index in [9.17, 15) is 21.6 Å². The van der Waals surface area contributed by atoms with E-state index in [0.29, 0.717) is 0 Å². The second-order valence-corrected chi connectivity index (χ2v) is 4.49. The van der Waals surface area contributed by atoms with Gasteiger partial charge in [-0.25, -0.2) is 8.42 Å². The fourth-order valence-electron chi connectivity index (χ4n) is 0.515. The Morgan fingerprint density at radius 3 is 2.08 bits per heavy atom. The molecule has 4 nitrogen and oxygen atoms in total. The summed E-state index contributed by atoms with van der Waals surface area (Å²) in [5, 5.41) is 8.46. The minimum absolute atomic E-state index is 0.0903. The van der Waals surface area contributed by atoms with Gasteiger partial charge in [-0.1, -0.05) is 0 Å². The molecule has 8 heteroatoms. The van der Waals surface area contributed by atoms with Crippen molar-refractivity contribution < 1.29 is 26.7 Å². The van der Waals surface area contributed by atoms with Gasteiger partial charge in [-0.05, 0) is 6.92 Å². The zero-order valence-electron chi connectivity index (χ0n) is 7.04. The van der Waals surface area contributed by atoms with Gasteiger partial charge in [-0.2, -0.15) is 17.5 Å². The molecule has 0 amide bonds. The van der Waals surface area contributed by atoms with Crippen molar-refractivity contribution in [2.45, 2.75) is 18.5 Å². The number of sulfonamides is 1. The van der Waals surface area contributed by atoms with Crippen LogP contribution in [0.15, 0.2) is 0 Å². The molecular formula is C5H10F3NO3S. The number of hydrogen-bond donors (Lipinski definition) is 1. The van der Waals surface area contributed by atoms with Crippen LogP contribution in [0.5, 0.6) is 0 Å². The molecule has 0 aromatic carbocycles. The summed E-state index contributed by atoms with van der Waals surface area (Å²) in [6.07, 6.45) is 0. The van der Waals surface area contributed by atoms with E-state index in [2.05, 4.69) is 0 Å². The number of halogens is 3. The average Bonchev–Trinajstić information content (AvgIpc) is 1.99. The topological polar surface area (TPSA) is 57.6 Å². The minimum atomic E-state index is -5.31. The van der Waals surface area contributed by atoms with Gasteiger partial charge < -0.3 is 5.11 Å². The lowest BCUT2D eigenvalue weighted by molar-refractivity contribution is -0.0495. The van der Waals surface area contributed by atoms with Gasteiger partial charge >= 0.3 is 15.5 Å². The number of alkyl halides is 3. The van der Waals surface area contributed by atoms with Crippen LogP contribution < -0.4 is 0 Å². The molecule has 0 aliphatic carbocycles. The highest BCUT2D eigenvalue weighted by molar-refractivity contribution is 7.89. The molecule has 0 bridgehead atoms. The van der Waals surface area contributed by atoms with Crippen molar-refractivity contribution >= 4 is 10.0 Å². The molecule has 0 rings (SSSR count). The lowest BCUT2D eigenvalue weighted by atomic mass is 10.4. The quantitative estimate of drug-likeness (QED) is 0.738. The number of hydrogen-bond acceptors (Lipinski definition) is 3. The molecule has 13 heavy (non-hydrogen) atoms. The molecule has 0 aromatic rings. The average molecular weight is 221 g/mol. The van der Waals surface area contributed by atoms with Crippen molar-refractivity contribution in [2.24, 2.45) is 0 Å². The Hall–Kier alpha value is -0.340. The first-order chi connectivity index (χ1) is 5.64. The van der Waals surface area contributed by atoms with E-state index in [-0.39, 0.29) is 4.31 Å². The van der Waals surface area contributed by atoms with Gasteiger partial charge in [0.1, 0.15) is 0 Å².